The summed E-state index contributed by atoms with van der Waals surface area (Å²) in [5, 5.41) is 8.86. The molecule has 142 valence electrons. The van der Waals surface area contributed by atoms with Crippen LogP contribution < -0.4 is 14.4 Å². The van der Waals surface area contributed by atoms with Crippen molar-refractivity contribution in [2.45, 2.75) is 18.7 Å². The van der Waals surface area contributed by atoms with E-state index < -0.39 is 10.0 Å². The van der Waals surface area contributed by atoms with E-state index in [2.05, 4.69) is 4.72 Å². The highest BCUT2D eigenvalue weighted by Gasteiger charge is 2.18. The van der Waals surface area contributed by atoms with E-state index in [1.807, 2.05) is 6.07 Å². The Bertz CT molecular complexity index is 963. The van der Waals surface area contributed by atoms with E-state index in [-0.39, 0.29) is 23.9 Å². The van der Waals surface area contributed by atoms with Crippen molar-refractivity contribution in [2.24, 2.45) is 0 Å². The summed E-state index contributed by atoms with van der Waals surface area (Å²) in [6.07, 6.45) is 0. The number of nitriles is 1. The molecule has 0 fully saturated rings. The zero-order valence-electron chi connectivity index (χ0n) is 15.4. The molecule has 0 bridgehead atoms. The first-order chi connectivity index (χ1) is 12.8. The van der Waals surface area contributed by atoms with Crippen molar-refractivity contribution in [1.82, 2.24) is 4.72 Å². The Kier molecular flexibility index (Phi) is 6.55. The number of nitrogens with one attached hydrogen (secondary N) is 1. The van der Waals surface area contributed by atoms with Crippen LogP contribution in [0.5, 0.6) is 5.75 Å². The summed E-state index contributed by atoms with van der Waals surface area (Å²) in [4.78, 5) is 13.5. The van der Waals surface area contributed by atoms with Crippen LogP contribution in [0.2, 0.25) is 0 Å². The van der Waals surface area contributed by atoms with Crippen molar-refractivity contribution in [3.63, 3.8) is 0 Å². The number of benzene rings is 2. The maximum Gasteiger partial charge on any atom is 0.240 e. The minimum absolute atomic E-state index is 0.0490. The summed E-state index contributed by atoms with van der Waals surface area (Å²) in [6.45, 7) is 3.30. The van der Waals surface area contributed by atoms with Gasteiger partial charge in [-0.2, -0.15) is 5.26 Å². The van der Waals surface area contributed by atoms with Gasteiger partial charge in [0.15, 0.2) is 0 Å². The molecule has 0 saturated heterocycles. The fourth-order valence-electron chi connectivity index (χ4n) is 2.60. The molecule has 0 spiro atoms. The third kappa shape index (κ3) is 5.06. The first kappa shape index (κ1) is 20.4. The van der Waals surface area contributed by atoms with Gasteiger partial charge in [-0.3, -0.25) is 4.79 Å². The van der Waals surface area contributed by atoms with Crippen molar-refractivity contribution in [2.75, 3.05) is 25.1 Å². The zero-order valence-corrected chi connectivity index (χ0v) is 16.2. The Morgan fingerprint density at radius 1 is 1.22 bits per heavy atom. The minimum Gasteiger partial charge on any atom is -0.497 e. The predicted octanol–water partition coefficient (Wildman–Crippen LogP) is 2.21. The van der Waals surface area contributed by atoms with Crippen molar-refractivity contribution >= 4 is 21.6 Å². The van der Waals surface area contributed by atoms with Gasteiger partial charge in [0.1, 0.15) is 5.75 Å². The number of anilines is 1. The van der Waals surface area contributed by atoms with Crippen molar-refractivity contribution in [3.8, 4) is 11.8 Å². The van der Waals surface area contributed by atoms with E-state index >= 15 is 0 Å². The molecule has 1 N–H and O–H groups in total. The number of aryl methyl sites for hydroxylation is 1. The van der Waals surface area contributed by atoms with Gasteiger partial charge in [-0.15, -0.1) is 0 Å². The Labute approximate surface area is 159 Å². The van der Waals surface area contributed by atoms with E-state index in [1.54, 1.807) is 43.3 Å². The SMILES string of the molecule is COc1ccc(S(=O)(=O)NCCN(C(C)=O)c2ccc(C#N)cc2)c(C)c1. The monoisotopic (exact) mass is 387 g/mol. The van der Waals surface area contributed by atoms with Gasteiger partial charge in [-0.05, 0) is 55.0 Å². The van der Waals surface area contributed by atoms with Crippen LogP contribution in [0.4, 0.5) is 5.69 Å². The zero-order chi connectivity index (χ0) is 20.0. The van der Waals surface area contributed by atoms with E-state index in [4.69, 9.17) is 10.00 Å². The van der Waals surface area contributed by atoms with Crippen LogP contribution in [0, 0.1) is 18.3 Å². The quantitative estimate of drug-likeness (QED) is 0.785. The average molecular weight is 387 g/mol. The number of ether oxygens (including phenoxy) is 1. The highest BCUT2D eigenvalue weighted by Crippen LogP contribution is 2.21. The lowest BCUT2D eigenvalue weighted by Gasteiger charge is -2.21. The third-order valence-electron chi connectivity index (χ3n) is 3.99. The fourth-order valence-corrected chi connectivity index (χ4v) is 3.85. The first-order valence-corrected chi connectivity index (χ1v) is 9.69. The molecule has 2 rings (SSSR count). The van der Waals surface area contributed by atoms with Crippen LogP contribution in [0.15, 0.2) is 47.4 Å². The maximum atomic E-state index is 12.5. The van der Waals surface area contributed by atoms with Crippen LogP contribution >= 0.6 is 0 Å². The van der Waals surface area contributed by atoms with Gasteiger partial charge in [-0.25, -0.2) is 13.1 Å². The average Bonchev–Trinajstić information content (AvgIpc) is 2.64. The Balaban J connectivity index is 2.09. The lowest BCUT2D eigenvalue weighted by molar-refractivity contribution is -0.116. The van der Waals surface area contributed by atoms with E-state index in [1.165, 1.54) is 25.0 Å². The van der Waals surface area contributed by atoms with Crippen LogP contribution in [0.3, 0.4) is 0 Å². The van der Waals surface area contributed by atoms with E-state index in [0.29, 0.717) is 22.6 Å². The van der Waals surface area contributed by atoms with Crippen molar-refractivity contribution in [1.29, 1.82) is 5.26 Å². The molecular formula is C19H21N3O4S. The fraction of sp³-hybridized carbons (Fsp3) is 0.263. The standard InChI is InChI=1S/C19H21N3O4S/c1-14-12-18(26-3)8-9-19(14)27(24,25)21-10-11-22(15(2)23)17-6-4-16(13-20)5-7-17/h4-9,12,21H,10-11H2,1-3H3. The lowest BCUT2D eigenvalue weighted by atomic mass is 10.2. The van der Waals surface area contributed by atoms with Gasteiger partial charge >= 0.3 is 0 Å². The number of nitrogens with zero attached hydrogens (tertiary/aromatic N) is 2. The summed E-state index contributed by atoms with van der Waals surface area (Å²) >= 11 is 0. The number of hydrogen-bond acceptors (Lipinski definition) is 5. The summed E-state index contributed by atoms with van der Waals surface area (Å²) in [6, 6.07) is 13.3. The van der Waals surface area contributed by atoms with Gasteiger partial charge in [0.05, 0.1) is 23.6 Å². The van der Waals surface area contributed by atoms with Gasteiger partial charge in [0.2, 0.25) is 15.9 Å². The molecule has 7 nitrogen and oxygen atoms in total. The molecule has 0 aliphatic carbocycles. The molecular weight excluding hydrogens is 366 g/mol. The number of amides is 1. The van der Waals surface area contributed by atoms with Crippen LogP contribution in [-0.2, 0) is 14.8 Å². The normalized spacial score (nSPS) is 10.9. The minimum atomic E-state index is -3.72. The number of sulfonamides is 1. The summed E-state index contributed by atoms with van der Waals surface area (Å²) in [7, 11) is -2.20. The molecule has 2 aromatic carbocycles. The second-order valence-electron chi connectivity index (χ2n) is 5.86. The van der Waals surface area contributed by atoms with Gasteiger partial charge in [0.25, 0.3) is 0 Å². The number of carbonyl (C=O) groups is 1. The van der Waals surface area contributed by atoms with E-state index in [0.717, 1.165) is 0 Å². The topological polar surface area (TPSA) is 99.5 Å². The Morgan fingerprint density at radius 2 is 1.89 bits per heavy atom. The molecule has 0 saturated carbocycles. The Morgan fingerprint density at radius 3 is 2.41 bits per heavy atom. The molecule has 0 heterocycles. The van der Waals surface area contributed by atoms with Crippen LogP contribution in [-0.4, -0.2) is 34.5 Å². The van der Waals surface area contributed by atoms with Crippen molar-refractivity contribution in [3.05, 3.63) is 53.6 Å². The predicted molar refractivity (Wildman–Crippen MR) is 102 cm³/mol. The molecule has 0 atom stereocenters. The highest BCUT2D eigenvalue weighted by atomic mass is 32.2. The third-order valence-corrected chi connectivity index (χ3v) is 5.61. The summed E-state index contributed by atoms with van der Waals surface area (Å²) in [5.74, 6) is 0.356. The van der Waals surface area contributed by atoms with E-state index in [9.17, 15) is 13.2 Å². The van der Waals surface area contributed by atoms with Gasteiger partial charge in [0, 0.05) is 25.7 Å². The summed E-state index contributed by atoms with van der Waals surface area (Å²) in [5.41, 5.74) is 1.65. The molecule has 0 aliphatic heterocycles. The Hall–Kier alpha value is -2.89. The van der Waals surface area contributed by atoms with Crippen LogP contribution in [0.25, 0.3) is 0 Å². The first-order valence-electron chi connectivity index (χ1n) is 8.21. The number of methoxy groups -OCH3 is 1. The van der Waals surface area contributed by atoms with Crippen molar-refractivity contribution < 1.29 is 17.9 Å². The maximum absolute atomic E-state index is 12.5. The summed E-state index contributed by atoms with van der Waals surface area (Å²) < 4.78 is 32.7. The molecule has 0 aliphatic rings. The smallest absolute Gasteiger partial charge is 0.240 e. The second-order valence-corrected chi connectivity index (χ2v) is 7.59. The number of rotatable bonds is 7. The number of carbonyl (C=O) groups excluding carboxylic acids is 1. The van der Waals surface area contributed by atoms with Crippen LogP contribution in [0.1, 0.15) is 18.1 Å². The molecule has 2 aromatic rings. The molecule has 8 heteroatoms. The molecule has 27 heavy (non-hydrogen) atoms. The largest absolute Gasteiger partial charge is 0.497 e. The highest BCUT2D eigenvalue weighted by molar-refractivity contribution is 7.89. The van der Waals surface area contributed by atoms with Gasteiger partial charge < -0.3 is 9.64 Å². The molecule has 1 amide bonds. The second kappa shape index (κ2) is 8.66. The molecule has 0 unspecified atom stereocenters. The molecule has 0 aromatic heterocycles. The lowest BCUT2D eigenvalue weighted by Crippen LogP contribution is -2.37. The van der Waals surface area contributed by atoms with Gasteiger partial charge in [-0.1, -0.05) is 0 Å². The number of hydrogen-bond donors (Lipinski definition) is 1. The molecule has 0 radical (unpaired) electrons.